The molecule has 0 unspecified atom stereocenters. The van der Waals surface area contributed by atoms with Crippen molar-refractivity contribution in [2.45, 2.75) is 39.2 Å². The maximum Gasteiger partial charge on any atom is 0.407 e. The lowest BCUT2D eigenvalue weighted by molar-refractivity contribution is 0.0527. The van der Waals surface area contributed by atoms with Crippen LogP contribution in [-0.4, -0.2) is 37.9 Å². The lowest BCUT2D eigenvalue weighted by atomic mass is 10.1. The van der Waals surface area contributed by atoms with Gasteiger partial charge in [-0.15, -0.1) is 0 Å². The summed E-state index contributed by atoms with van der Waals surface area (Å²) in [7, 11) is 0. The average Bonchev–Trinajstić information content (AvgIpc) is 3.10. The molecule has 1 aromatic carbocycles. The minimum Gasteiger partial charge on any atom is -0.493 e. The van der Waals surface area contributed by atoms with E-state index in [9.17, 15) is 4.79 Å². The highest BCUT2D eigenvalue weighted by molar-refractivity contribution is 5.67. The number of nitrogens with zero attached hydrogens (tertiary/aromatic N) is 1. The number of hydrogen-bond donors (Lipinski definition) is 2. The van der Waals surface area contributed by atoms with Crippen molar-refractivity contribution < 1.29 is 14.3 Å². The minimum absolute atomic E-state index is 0.392. The van der Waals surface area contributed by atoms with Gasteiger partial charge in [0.15, 0.2) is 0 Å². The van der Waals surface area contributed by atoms with E-state index in [1.54, 1.807) is 6.08 Å². The molecule has 1 aliphatic rings. The Bertz CT molecular complexity index is 763. The van der Waals surface area contributed by atoms with Crippen molar-refractivity contribution in [1.29, 1.82) is 0 Å². The molecule has 1 aliphatic heterocycles. The molecule has 1 amide bonds. The van der Waals surface area contributed by atoms with E-state index < -0.39 is 11.7 Å². The van der Waals surface area contributed by atoms with Crippen LogP contribution in [0, 0.1) is 0 Å². The Morgan fingerprint density at radius 3 is 2.90 bits per heavy atom. The predicted octanol–water partition coefficient (Wildman–Crippen LogP) is 3.93. The van der Waals surface area contributed by atoms with Crippen LogP contribution in [0.3, 0.4) is 0 Å². The molecule has 3 N–H and O–H groups in total. The van der Waals surface area contributed by atoms with Crippen LogP contribution in [0.1, 0.15) is 32.8 Å². The number of amides is 1. The van der Waals surface area contributed by atoms with Gasteiger partial charge in [0.25, 0.3) is 0 Å². The van der Waals surface area contributed by atoms with Crippen molar-refractivity contribution in [1.82, 2.24) is 5.32 Å². The molecule has 6 heteroatoms. The van der Waals surface area contributed by atoms with Crippen LogP contribution < -0.4 is 20.7 Å². The number of anilines is 1. The summed E-state index contributed by atoms with van der Waals surface area (Å²) in [4.78, 5) is 14.1. The van der Waals surface area contributed by atoms with Crippen molar-refractivity contribution in [3.8, 4) is 5.75 Å². The van der Waals surface area contributed by atoms with E-state index in [4.69, 9.17) is 15.2 Å². The predicted molar refractivity (Wildman–Crippen MR) is 118 cm³/mol. The van der Waals surface area contributed by atoms with Gasteiger partial charge in [0.05, 0.1) is 6.61 Å². The first-order chi connectivity index (χ1) is 13.8. The molecule has 0 bridgehead atoms. The van der Waals surface area contributed by atoms with E-state index >= 15 is 0 Å². The molecule has 1 heterocycles. The largest absolute Gasteiger partial charge is 0.493 e. The topological polar surface area (TPSA) is 76.8 Å². The van der Waals surface area contributed by atoms with Crippen LogP contribution in [0.5, 0.6) is 5.75 Å². The van der Waals surface area contributed by atoms with Gasteiger partial charge in [-0.25, -0.2) is 4.79 Å². The van der Waals surface area contributed by atoms with Crippen LogP contribution in [0.2, 0.25) is 0 Å². The van der Waals surface area contributed by atoms with Crippen molar-refractivity contribution in [2.75, 3.05) is 31.1 Å². The molecule has 2 rings (SSSR count). The van der Waals surface area contributed by atoms with Crippen molar-refractivity contribution in [2.24, 2.45) is 5.73 Å². The molecular formula is C23H33N3O3. The minimum atomic E-state index is -0.498. The van der Waals surface area contributed by atoms with Crippen LogP contribution in [0.25, 0.3) is 0 Å². The Hall–Kier alpha value is -2.89. The van der Waals surface area contributed by atoms with E-state index in [0.29, 0.717) is 13.1 Å². The van der Waals surface area contributed by atoms with Crippen molar-refractivity contribution in [3.05, 3.63) is 60.3 Å². The highest BCUT2D eigenvalue weighted by Crippen LogP contribution is 2.30. The van der Waals surface area contributed by atoms with Crippen LogP contribution in [0.4, 0.5) is 10.5 Å². The summed E-state index contributed by atoms with van der Waals surface area (Å²) in [5.74, 6) is 0.962. The first-order valence-electron chi connectivity index (χ1n) is 10.00. The smallest absolute Gasteiger partial charge is 0.407 e. The zero-order valence-corrected chi connectivity index (χ0v) is 17.7. The van der Waals surface area contributed by atoms with Gasteiger partial charge in [0, 0.05) is 31.7 Å². The molecule has 0 saturated carbocycles. The molecule has 29 heavy (non-hydrogen) atoms. The highest BCUT2D eigenvalue weighted by Gasteiger charge is 2.17. The van der Waals surface area contributed by atoms with Crippen LogP contribution >= 0.6 is 0 Å². The molecule has 0 radical (unpaired) electrons. The fourth-order valence-corrected chi connectivity index (χ4v) is 3.10. The Morgan fingerprint density at radius 1 is 1.41 bits per heavy atom. The van der Waals surface area contributed by atoms with Crippen LogP contribution in [-0.2, 0) is 11.2 Å². The van der Waals surface area contributed by atoms with Gasteiger partial charge in [-0.3, -0.25) is 0 Å². The summed E-state index contributed by atoms with van der Waals surface area (Å²) < 4.78 is 10.9. The van der Waals surface area contributed by atoms with Gasteiger partial charge in [-0.2, -0.15) is 0 Å². The molecule has 0 saturated heterocycles. The lowest BCUT2D eigenvalue weighted by Crippen LogP contribution is -2.35. The zero-order valence-electron chi connectivity index (χ0n) is 17.7. The van der Waals surface area contributed by atoms with E-state index in [0.717, 1.165) is 43.0 Å². The summed E-state index contributed by atoms with van der Waals surface area (Å²) in [6.45, 7) is 12.1. The third-order valence-electron chi connectivity index (χ3n) is 4.33. The number of ether oxygens (including phenoxy) is 2. The summed E-state index contributed by atoms with van der Waals surface area (Å²) in [6.07, 6.45) is 8.44. The molecule has 0 aliphatic carbocycles. The Labute approximate surface area is 174 Å². The normalized spacial score (nSPS) is 13.7. The van der Waals surface area contributed by atoms with Gasteiger partial charge in [-0.05, 0) is 68.8 Å². The summed E-state index contributed by atoms with van der Waals surface area (Å²) in [6, 6.07) is 6.28. The second kappa shape index (κ2) is 10.6. The van der Waals surface area contributed by atoms with Crippen molar-refractivity contribution in [3.63, 3.8) is 0 Å². The number of allylic oxidation sites excluding steroid dienone is 2. The molecule has 0 spiro atoms. The molecule has 158 valence electrons. The quantitative estimate of drug-likeness (QED) is 0.486. The van der Waals surface area contributed by atoms with Gasteiger partial charge < -0.3 is 25.4 Å². The maximum atomic E-state index is 11.8. The number of carbonyl (C=O) groups is 1. The second-order valence-electron chi connectivity index (χ2n) is 7.93. The van der Waals surface area contributed by atoms with Gasteiger partial charge in [-0.1, -0.05) is 18.7 Å². The standard InChI is InChI=1S/C23H33N3O3/c1-5-7-18(10-12-24)17-26(14-6-13-25-22(27)29-23(2,3)4)20-8-9-21-19(16-20)11-15-28-21/h5,7-10,12,16H,1,6,11,13-15,17,24H2,2-4H3,(H,25,27)/b12-10-,18-7+. The maximum absolute atomic E-state index is 11.8. The molecule has 0 aromatic heterocycles. The van der Waals surface area contributed by atoms with E-state index in [1.165, 1.54) is 11.8 Å². The molecule has 1 aromatic rings. The average molecular weight is 400 g/mol. The van der Waals surface area contributed by atoms with Crippen molar-refractivity contribution >= 4 is 11.8 Å². The van der Waals surface area contributed by atoms with E-state index in [2.05, 4.69) is 28.9 Å². The lowest BCUT2D eigenvalue weighted by Gasteiger charge is -2.26. The summed E-state index contributed by atoms with van der Waals surface area (Å²) in [5.41, 5.74) is 8.50. The third-order valence-corrected chi connectivity index (χ3v) is 4.33. The molecular weight excluding hydrogens is 366 g/mol. The van der Waals surface area contributed by atoms with E-state index in [1.807, 2.05) is 39.0 Å². The SMILES string of the molecule is C=C/C=C(\C=C/N)CN(CCCNC(=O)OC(C)(C)C)c1ccc2c(c1)CCO2. The number of nitrogens with two attached hydrogens (primary N) is 1. The second-order valence-corrected chi connectivity index (χ2v) is 7.93. The molecule has 6 nitrogen and oxygen atoms in total. The molecule has 0 atom stereocenters. The van der Waals surface area contributed by atoms with Crippen LogP contribution in [0.15, 0.2) is 54.8 Å². The number of carbonyl (C=O) groups excluding carboxylic acids is 1. The summed E-state index contributed by atoms with van der Waals surface area (Å²) in [5, 5.41) is 2.82. The highest BCUT2D eigenvalue weighted by atomic mass is 16.6. The van der Waals surface area contributed by atoms with Gasteiger partial charge in [0.1, 0.15) is 11.4 Å². The Kier molecular flexibility index (Phi) is 8.19. The van der Waals surface area contributed by atoms with E-state index in [-0.39, 0.29) is 0 Å². The Morgan fingerprint density at radius 2 is 2.21 bits per heavy atom. The first-order valence-corrected chi connectivity index (χ1v) is 10.00. The first kappa shape index (κ1) is 22.4. The number of hydrogen-bond acceptors (Lipinski definition) is 5. The number of benzene rings is 1. The number of nitrogens with one attached hydrogen (secondary N) is 1. The van der Waals surface area contributed by atoms with Gasteiger partial charge >= 0.3 is 6.09 Å². The zero-order chi connectivity index (χ0) is 21.3. The Balaban J connectivity index is 2.04. The fraction of sp³-hybridized carbons (Fsp3) is 0.435. The van der Waals surface area contributed by atoms with Gasteiger partial charge in [0.2, 0.25) is 0 Å². The fourth-order valence-electron chi connectivity index (χ4n) is 3.10. The summed E-state index contributed by atoms with van der Waals surface area (Å²) >= 11 is 0. The molecule has 0 fully saturated rings. The number of fused-ring (bicyclic) bond motifs is 1. The third kappa shape index (κ3) is 7.56. The number of rotatable bonds is 9. The monoisotopic (exact) mass is 399 g/mol. The number of alkyl carbamates (subject to hydrolysis) is 1.